The molecule has 2 heterocycles. The molecule has 196 valence electrons. The number of anilines is 1. The van der Waals surface area contributed by atoms with Crippen LogP contribution in [0.3, 0.4) is 0 Å². The van der Waals surface area contributed by atoms with Crippen LogP contribution in [0.2, 0.25) is 0 Å². The van der Waals surface area contributed by atoms with E-state index in [2.05, 4.69) is 10.6 Å². The van der Waals surface area contributed by atoms with Crippen LogP contribution in [0, 0.1) is 5.82 Å². The van der Waals surface area contributed by atoms with Crippen molar-refractivity contribution < 1.29 is 27.6 Å². The number of nitrogens with zero attached hydrogens (tertiary/aromatic N) is 1. The number of halogens is 1. The molecule has 0 unspecified atom stereocenters. The molecule has 0 saturated carbocycles. The molecule has 5 rings (SSSR count). The van der Waals surface area contributed by atoms with Gasteiger partial charge in [0.25, 0.3) is 5.91 Å². The molecule has 0 fully saturated rings. The molecule has 2 aromatic heterocycles. The molecule has 0 bridgehead atoms. The van der Waals surface area contributed by atoms with E-state index in [1.807, 2.05) is 30.3 Å². The normalized spacial score (nSPS) is 11.6. The number of carbonyl (C=O) groups excluding carboxylic acids is 3. The lowest BCUT2D eigenvalue weighted by molar-refractivity contribution is -0.126. The fourth-order valence-corrected chi connectivity index (χ4v) is 4.35. The van der Waals surface area contributed by atoms with Crippen LogP contribution in [0.1, 0.15) is 27.9 Å². The predicted octanol–water partition coefficient (Wildman–Crippen LogP) is 4.99. The van der Waals surface area contributed by atoms with Crippen molar-refractivity contribution in [2.45, 2.75) is 12.6 Å². The molecular weight excluding hydrogens is 501 g/mol. The van der Waals surface area contributed by atoms with Gasteiger partial charge in [0.2, 0.25) is 11.8 Å². The first-order chi connectivity index (χ1) is 19.0. The lowest BCUT2D eigenvalue weighted by atomic mass is 10.00. The van der Waals surface area contributed by atoms with E-state index < -0.39 is 36.1 Å². The van der Waals surface area contributed by atoms with Crippen LogP contribution in [0.4, 0.5) is 10.1 Å². The molecule has 0 aliphatic heterocycles. The van der Waals surface area contributed by atoms with Crippen LogP contribution in [-0.2, 0) is 16.1 Å². The summed E-state index contributed by atoms with van der Waals surface area (Å²) in [5.74, 6) is -2.00. The van der Waals surface area contributed by atoms with Crippen molar-refractivity contribution >= 4 is 34.2 Å². The number of hydrogen-bond acceptors (Lipinski definition) is 5. The van der Waals surface area contributed by atoms with Gasteiger partial charge in [-0.15, -0.1) is 0 Å². The molecule has 2 N–H and O–H groups in total. The minimum Gasteiger partial charge on any atom is -0.467 e. The fraction of sp³-hybridized carbons (Fsp3) is 0.100. The Morgan fingerprint density at radius 1 is 0.795 bits per heavy atom. The lowest BCUT2D eigenvalue weighted by Gasteiger charge is -2.32. The fourth-order valence-electron chi connectivity index (χ4n) is 4.35. The van der Waals surface area contributed by atoms with Gasteiger partial charge in [-0.25, -0.2) is 4.39 Å². The van der Waals surface area contributed by atoms with Crippen LogP contribution in [0.15, 0.2) is 112 Å². The zero-order valence-corrected chi connectivity index (χ0v) is 20.7. The monoisotopic (exact) mass is 525 g/mol. The van der Waals surface area contributed by atoms with Crippen molar-refractivity contribution in [3.63, 3.8) is 0 Å². The van der Waals surface area contributed by atoms with Gasteiger partial charge in [0.1, 0.15) is 17.6 Å². The Morgan fingerprint density at radius 2 is 1.54 bits per heavy atom. The second-order valence-electron chi connectivity index (χ2n) is 8.64. The zero-order valence-electron chi connectivity index (χ0n) is 20.7. The van der Waals surface area contributed by atoms with E-state index in [0.717, 1.165) is 5.39 Å². The number of nitrogens with one attached hydrogen (secondary N) is 2. The Labute approximate surface area is 223 Å². The molecule has 5 aromatic rings. The van der Waals surface area contributed by atoms with Crippen LogP contribution >= 0.6 is 0 Å². The molecule has 1 atom stereocenters. The van der Waals surface area contributed by atoms with Gasteiger partial charge in [0.15, 0.2) is 5.76 Å². The summed E-state index contributed by atoms with van der Waals surface area (Å²) in [6.45, 7) is -0.442. The average molecular weight is 526 g/mol. The second-order valence-corrected chi connectivity index (χ2v) is 8.64. The van der Waals surface area contributed by atoms with Crippen molar-refractivity contribution in [3.8, 4) is 0 Å². The van der Waals surface area contributed by atoms with Crippen molar-refractivity contribution in [3.05, 3.63) is 126 Å². The first-order valence-electron chi connectivity index (χ1n) is 12.2. The van der Waals surface area contributed by atoms with Gasteiger partial charge in [0.05, 0.1) is 31.3 Å². The molecule has 39 heavy (non-hydrogen) atoms. The van der Waals surface area contributed by atoms with E-state index in [9.17, 15) is 14.4 Å². The Bertz CT molecular complexity index is 1590. The molecular formula is C30H24FN3O5. The number of furan rings is 2. The number of benzene rings is 3. The van der Waals surface area contributed by atoms with Gasteiger partial charge in [-0.1, -0.05) is 54.6 Å². The number of amides is 3. The quantitative estimate of drug-likeness (QED) is 0.282. The van der Waals surface area contributed by atoms with E-state index >= 15 is 4.39 Å². The van der Waals surface area contributed by atoms with Crippen LogP contribution in [0.5, 0.6) is 0 Å². The molecule has 3 aromatic carbocycles. The Morgan fingerprint density at radius 3 is 2.31 bits per heavy atom. The topological polar surface area (TPSA) is 105 Å². The Kier molecular flexibility index (Phi) is 7.49. The van der Waals surface area contributed by atoms with Crippen molar-refractivity contribution in [2.24, 2.45) is 0 Å². The molecule has 9 heteroatoms. The molecule has 3 amide bonds. The first-order valence-corrected chi connectivity index (χ1v) is 12.2. The highest BCUT2D eigenvalue weighted by Gasteiger charge is 2.35. The van der Waals surface area contributed by atoms with E-state index in [4.69, 9.17) is 8.83 Å². The maximum atomic E-state index is 15.2. The number of hydrogen-bond donors (Lipinski definition) is 2. The third-order valence-corrected chi connectivity index (χ3v) is 6.16. The molecule has 8 nitrogen and oxygen atoms in total. The van der Waals surface area contributed by atoms with E-state index in [1.54, 1.807) is 36.4 Å². The van der Waals surface area contributed by atoms with Gasteiger partial charge >= 0.3 is 0 Å². The largest absolute Gasteiger partial charge is 0.467 e. The van der Waals surface area contributed by atoms with E-state index in [0.29, 0.717) is 16.8 Å². The summed E-state index contributed by atoms with van der Waals surface area (Å²) < 4.78 is 25.7. The SMILES string of the molecule is O=C(NCC(=O)N(c1cccc2ccccc12)[C@@H](C(=O)NCc1ccco1)c1ccccc1F)c1ccco1. The van der Waals surface area contributed by atoms with Crippen LogP contribution in [0.25, 0.3) is 10.8 Å². The number of carbonyl (C=O) groups is 3. The zero-order chi connectivity index (χ0) is 27.2. The second kappa shape index (κ2) is 11.5. The van der Waals surface area contributed by atoms with E-state index in [1.165, 1.54) is 41.7 Å². The Hall–Kier alpha value is -5.18. The van der Waals surface area contributed by atoms with Crippen LogP contribution < -0.4 is 15.5 Å². The van der Waals surface area contributed by atoms with Crippen molar-refractivity contribution in [1.29, 1.82) is 0 Å². The number of fused-ring (bicyclic) bond motifs is 1. The molecule has 0 aliphatic carbocycles. The smallest absolute Gasteiger partial charge is 0.287 e. The lowest BCUT2D eigenvalue weighted by Crippen LogP contribution is -2.48. The minimum atomic E-state index is -1.40. The standard InChI is InChI=1S/C30H24FN3O5/c31-24-13-4-3-12-23(24)28(30(37)32-18-21-10-6-16-38-21)34(25-14-5-9-20-8-1-2-11-22(20)25)27(35)19-33-29(36)26-15-7-17-39-26/h1-17,28H,18-19H2,(H,32,37)(H,33,36)/t28-/m1/s1. The minimum absolute atomic E-state index is 0.00640. The molecule has 0 spiro atoms. The third kappa shape index (κ3) is 5.57. The summed E-state index contributed by atoms with van der Waals surface area (Å²) in [6.07, 6.45) is 2.82. The maximum Gasteiger partial charge on any atom is 0.287 e. The first kappa shape index (κ1) is 25.5. The highest BCUT2D eigenvalue weighted by Crippen LogP contribution is 2.34. The molecule has 0 radical (unpaired) electrons. The summed E-state index contributed by atoms with van der Waals surface area (Å²) >= 11 is 0. The van der Waals surface area contributed by atoms with E-state index in [-0.39, 0.29) is 17.9 Å². The molecule has 0 saturated heterocycles. The summed E-state index contributed by atoms with van der Waals surface area (Å²) in [5, 5.41) is 6.78. The van der Waals surface area contributed by atoms with Crippen LogP contribution in [-0.4, -0.2) is 24.3 Å². The maximum absolute atomic E-state index is 15.2. The van der Waals surface area contributed by atoms with Gasteiger partial charge in [-0.05, 0) is 41.8 Å². The predicted molar refractivity (Wildman–Crippen MR) is 142 cm³/mol. The van der Waals surface area contributed by atoms with Crippen molar-refractivity contribution in [1.82, 2.24) is 10.6 Å². The van der Waals surface area contributed by atoms with Gasteiger partial charge < -0.3 is 19.5 Å². The summed E-state index contributed by atoms with van der Waals surface area (Å²) in [7, 11) is 0. The van der Waals surface area contributed by atoms with Gasteiger partial charge in [-0.3, -0.25) is 19.3 Å². The highest BCUT2D eigenvalue weighted by atomic mass is 19.1. The summed E-state index contributed by atoms with van der Waals surface area (Å²) in [4.78, 5) is 41.4. The van der Waals surface area contributed by atoms with Crippen molar-refractivity contribution in [2.75, 3.05) is 11.4 Å². The third-order valence-electron chi connectivity index (χ3n) is 6.16. The average Bonchev–Trinajstić information content (AvgIpc) is 3.69. The summed E-state index contributed by atoms with van der Waals surface area (Å²) in [6, 6.07) is 23.4. The molecule has 0 aliphatic rings. The Balaban J connectivity index is 1.58. The van der Waals surface area contributed by atoms with Gasteiger partial charge in [0, 0.05) is 10.9 Å². The summed E-state index contributed by atoms with van der Waals surface area (Å²) in [5.41, 5.74) is 0.375. The van der Waals surface area contributed by atoms with Gasteiger partial charge in [-0.2, -0.15) is 0 Å². The number of rotatable bonds is 9. The highest BCUT2D eigenvalue weighted by molar-refractivity contribution is 6.09.